The molecule has 108 valence electrons. The molecular weight excluding hydrogens is 327 g/mol. The molecule has 0 amide bonds. The van der Waals surface area contributed by atoms with E-state index in [0.29, 0.717) is 11.3 Å². The van der Waals surface area contributed by atoms with Crippen LogP contribution in [0.4, 0.5) is 5.69 Å². The zero-order valence-electron chi connectivity index (χ0n) is 9.94. The van der Waals surface area contributed by atoms with Crippen molar-refractivity contribution in [2.45, 2.75) is 5.75 Å². The van der Waals surface area contributed by atoms with Crippen molar-refractivity contribution in [3.05, 3.63) is 46.7 Å². The van der Waals surface area contributed by atoms with Crippen molar-refractivity contribution in [2.75, 3.05) is 5.73 Å². The van der Waals surface area contributed by atoms with Crippen LogP contribution in [0, 0.1) is 0 Å². The maximum Gasteiger partial charge on any atom is 0.269 e. The Kier molecular flexibility index (Phi) is 6.08. The summed E-state index contributed by atoms with van der Waals surface area (Å²) >= 11 is 10.6. The minimum absolute atomic E-state index is 0.116. The minimum atomic E-state index is -3.98. The molecule has 1 aromatic carbocycles. The van der Waals surface area contributed by atoms with E-state index in [4.69, 9.17) is 33.5 Å². The Hall–Kier alpha value is -1.48. The van der Waals surface area contributed by atoms with E-state index in [1.807, 2.05) is 0 Å². The van der Waals surface area contributed by atoms with Crippen LogP contribution in [0.5, 0.6) is 0 Å². The lowest BCUT2D eigenvalue weighted by Gasteiger charge is -2.01. The molecule has 0 bridgehead atoms. The number of rotatable bonds is 2. The largest absolute Gasteiger partial charge is 0.398 e. The Bertz CT molecular complexity index is 664. The summed E-state index contributed by atoms with van der Waals surface area (Å²) in [5, 5.41) is 0.231. The van der Waals surface area contributed by atoms with Crippen LogP contribution in [0.3, 0.4) is 0 Å². The molecule has 0 atom stereocenters. The number of hydrogen-bond acceptors (Lipinski definition) is 6. The topological polar surface area (TPSA) is 119 Å². The minimum Gasteiger partial charge on any atom is -0.398 e. The van der Waals surface area contributed by atoms with Crippen molar-refractivity contribution in [3.8, 4) is 0 Å². The van der Waals surface area contributed by atoms with Crippen molar-refractivity contribution in [2.24, 2.45) is 0 Å². The van der Waals surface area contributed by atoms with E-state index in [1.54, 1.807) is 24.3 Å². The summed E-state index contributed by atoms with van der Waals surface area (Å²) in [6, 6.07) is 6.50. The monoisotopic (exact) mass is 336 g/mol. The molecule has 20 heavy (non-hydrogen) atoms. The number of nitrogens with two attached hydrogens (primary N) is 1. The van der Waals surface area contributed by atoms with Gasteiger partial charge in [0.25, 0.3) is 10.1 Å². The second-order valence-corrected chi connectivity index (χ2v) is 5.58. The first-order valence-corrected chi connectivity index (χ1v) is 7.43. The van der Waals surface area contributed by atoms with Gasteiger partial charge in [-0.1, -0.05) is 18.2 Å². The van der Waals surface area contributed by atoms with E-state index in [1.165, 1.54) is 6.33 Å². The SMILES string of the molecule is Clc1ncnc(Cl)n1.Nc1ccccc1CS(=O)(=O)O. The number of para-hydroxylation sites is 1. The van der Waals surface area contributed by atoms with E-state index in [2.05, 4.69) is 15.0 Å². The van der Waals surface area contributed by atoms with Gasteiger partial charge in [-0.2, -0.15) is 13.4 Å². The third-order valence-electron chi connectivity index (χ3n) is 1.91. The van der Waals surface area contributed by atoms with E-state index < -0.39 is 15.9 Å². The molecule has 0 saturated heterocycles. The molecule has 1 heterocycles. The molecule has 2 rings (SSSR count). The fraction of sp³-hybridized carbons (Fsp3) is 0.100. The molecule has 10 heteroatoms. The van der Waals surface area contributed by atoms with Crippen LogP contribution < -0.4 is 5.73 Å². The molecule has 0 spiro atoms. The van der Waals surface area contributed by atoms with Crippen LogP contribution in [-0.4, -0.2) is 27.9 Å². The van der Waals surface area contributed by atoms with Gasteiger partial charge in [0.15, 0.2) is 0 Å². The third kappa shape index (κ3) is 6.62. The summed E-state index contributed by atoms with van der Waals surface area (Å²) in [4.78, 5) is 10.5. The Morgan fingerprint density at radius 3 is 2.10 bits per heavy atom. The third-order valence-corrected chi connectivity index (χ3v) is 2.95. The maximum atomic E-state index is 10.5. The average Bonchev–Trinajstić information content (AvgIpc) is 2.31. The summed E-state index contributed by atoms with van der Waals surface area (Å²) in [5.41, 5.74) is 6.24. The molecule has 2 aromatic rings. The van der Waals surface area contributed by atoms with E-state index in [0.717, 1.165) is 0 Å². The van der Waals surface area contributed by atoms with Gasteiger partial charge in [0.1, 0.15) is 12.1 Å². The zero-order valence-corrected chi connectivity index (χ0v) is 12.3. The molecule has 0 fully saturated rings. The standard InChI is InChI=1S/C7H9NO3S.C3HCl2N3/c8-7-4-2-1-3-6(7)5-12(9,10)11;4-2-6-1-7-3(5)8-2/h1-4H,5,8H2,(H,9,10,11);1H. The first-order valence-electron chi connectivity index (χ1n) is 5.06. The lowest BCUT2D eigenvalue weighted by Crippen LogP contribution is -2.04. The predicted molar refractivity (Wildman–Crippen MR) is 76.0 cm³/mol. The molecular formula is C10H10Cl2N4O3S. The Balaban J connectivity index is 0.000000217. The normalized spacial score (nSPS) is 10.6. The molecule has 0 radical (unpaired) electrons. The lowest BCUT2D eigenvalue weighted by atomic mass is 10.2. The first-order chi connectivity index (χ1) is 9.28. The Labute approximate surface area is 125 Å². The average molecular weight is 337 g/mol. The molecule has 0 unspecified atom stereocenters. The first kappa shape index (κ1) is 16.6. The van der Waals surface area contributed by atoms with E-state index in [-0.39, 0.29) is 10.6 Å². The highest BCUT2D eigenvalue weighted by atomic mass is 35.5. The number of hydrogen-bond donors (Lipinski definition) is 2. The van der Waals surface area contributed by atoms with Crippen LogP contribution in [0.25, 0.3) is 0 Å². The fourth-order valence-electron chi connectivity index (χ4n) is 1.12. The number of halogens is 2. The highest BCUT2D eigenvalue weighted by Crippen LogP contribution is 2.12. The van der Waals surface area contributed by atoms with Gasteiger partial charge >= 0.3 is 0 Å². The Morgan fingerprint density at radius 1 is 1.15 bits per heavy atom. The molecule has 0 aliphatic carbocycles. The van der Waals surface area contributed by atoms with Crippen LogP contribution in [-0.2, 0) is 15.9 Å². The molecule has 1 aromatic heterocycles. The number of nitrogen functional groups attached to an aromatic ring is 1. The lowest BCUT2D eigenvalue weighted by molar-refractivity contribution is 0.482. The second kappa shape index (κ2) is 7.34. The van der Waals surface area contributed by atoms with Crippen molar-refractivity contribution in [1.82, 2.24) is 15.0 Å². The van der Waals surface area contributed by atoms with E-state index in [9.17, 15) is 8.42 Å². The summed E-state index contributed by atoms with van der Waals surface area (Å²) in [5.74, 6) is -0.431. The molecule has 0 saturated carbocycles. The summed E-state index contributed by atoms with van der Waals surface area (Å²) in [6.07, 6.45) is 1.25. The zero-order chi connectivity index (χ0) is 15.2. The summed E-state index contributed by atoms with van der Waals surface area (Å²) in [7, 11) is -3.98. The Morgan fingerprint density at radius 2 is 1.70 bits per heavy atom. The summed E-state index contributed by atoms with van der Waals surface area (Å²) in [6.45, 7) is 0. The van der Waals surface area contributed by atoms with Crippen molar-refractivity contribution < 1.29 is 13.0 Å². The molecule has 3 N–H and O–H groups in total. The number of nitrogens with zero attached hydrogens (tertiary/aromatic N) is 3. The van der Waals surface area contributed by atoms with Gasteiger partial charge in [0, 0.05) is 5.69 Å². The van der Waals surface area contributed by atoms with Gasteiger partial charge in [-0.15, -0.1) is 0 Å². The van der Waals surface area contributed by atoms with Crippen LogP contribution >= 0.6 is 23.2 Å². The predicted octanol–water partition coefficient (Wildman–Crippen LogP) is 1.84. The number of anilines is 1. The van der Waals surface area contributed by atoms with Gasteiger partial charge in [-0.3, -0.25) is 4.55 Å². The number of aromatic nitrogens is 3. The van der Waals surface area contributed by atoms with Gasteiger partial charge in [-0.25, -0.2) is 9.97 Å². The summed E-state index contributed by atoms with van der Waals surface area (Å²) < 4.78 is 29.4. The van der Waals surface area contributed by atoms with Gasteiger partial charge in [0.05, 0.1) is 0 Å². The molecule has 0 aliphatic rings. The quantitative estimate of drug-likeness (QED) is 0.634. The molecule has 7 nitrogen and oxygen atoms in total. The van der Waals surface area contributed by atoms with Crippen LogP contribution in [0.15, 0.2) is 30.6 Å². The second-order valence-electron chi connectivity index (χ2n) is 3.45. The van der Waals surface area contributed by atoms with Crippen LogP contribution in [0.2, 0.25) is 10.6 Å². The van der Waals surface area contributed by atoms with Crippen molar-refractivity contribution in [3.63, 3.8) is 0 Å². The van der Waals surface area contributed by atoms with Crippen molar-refractivity contribution >= 4 is 39.0 Å². The van der Waals surface area contributed by atoms with Gasteiger partial charge < -0.3 is 5.73 Å². The molecule has 0 aliphatic heterocycles. The van der Waals surface area contributed by atoms with Gasteiger partial charge in [0.2, 0.25) is 10.6 Å². The van der Waals surface area contributed by atoms with Crippen LogP contribution in [0.1, 0.15) is 5.56 Å². The highest BCUT2D eigenvalue weighted by molar-refractivity contribution is 7.85. The highest BCUT2D eigenvalue weighted by Gasteiger charge is 2.07. The van der Waals surface area contributed by atoms with Gasteiger partial charge in [-0.05, 0) is 34.8 Å². The van der Waals surface area contributed by atoms with E-state index >= 15 is 0 Å². The smallest absolute Gasteiger partial charge is 0.269 e. The van der Waals surface area contributed by atoms with Crippen molar-refractivity contribution in [1.29, 1.82) is 0 Å². The number of benzene rings is 1. The fourth-order valence-corrected chi connectivity index (χ4v) is 2.07. The maximum absolute atomic E-state index is 10.5.